The Bertz CT molecular complexity index is 230. The van der Waals surface area contributed by atoms with E-state index in [4.69, 9.17) is 9.47 Å². The minimum Gasteiger partial charge on any atom is -0.387 e. The van der Waals surface area contributed by atoms with Crippen molar-refractivity contribution in [3.05, 3.63) is 0 Å². The van der Waals surface area contributed by atoms with Crippen molar-refractivity contribution in [2.24, 2.45) is 5.92 Å². The van der Waals surface area contributed by atoms with Gasteiger partial charge in [-0.3, -0.25) is 4.90 Å². The Hall–Kier alpha value is -0.160. The molecule has 0 aromatic rings. The van der Waals surface area contributed by atoms with E-state index in [-0.39, 0.29) is 5.60 Å². The zero-order valence-electron chi connectivity index (χ0n) is 9.02. The highest BCUT2D eigenvalue weighted by Gasteiger charge is 2.51. The van der Waals surface area contributed by atoms with Gasteiger partial charge >= 0.3 is 0 Å². The molecule has 15 heavy (non-hydrogen) atoms. The van der Waals surface area contributed by atoms with Gasteiger partial charge in [-0.05, 0) is 25.2 Å². The van der Waals surface area contributed by atoms with Crippen molar-refractivity contribution in [2.75, 3.05) is 33.0 Å². The van der Waals surface area contributed by atoms with Gasteiger partial charge in [0.1, 0.15) is 6.79 Å². The number of likely N-dealkylation sites (tertiary alicyclic amines) is 1. The van der Waals surface area contributed by atoms with Crippen molar-refractivity contribution in [3.8, 4) is 0 Å². The van der Waals surface area contributed by atoms with E-state index in [1.54, 1.807) is 0 Å². The quantitative estimate of drug-likeness (QED) is 0.727. The molecule has 0 radical (unpaired) electrons. The molecule has 0 aromatic heterocycles. The third kappa shape index (κ3) is 2.04. The number of nitrogens with zero attached hydrogens (tertiary/aromatic N) is 1. The van der Waals surface area contributed by atoms with Gasteiger partial charge in [-0.15, -0.1) is 0 Å². The van der Waals surface area contributed by atoms with Gasteiger partial charge in [0.05, 0.1) is 18.3 Å². The maximum Gasteiger partial charge on any atom is 0.147 e. The molecule has 2 saturated heterocycles. The van der Waals surface area contributed by atoms with Crippen LogP contribution in [0.5, 0.6) is 0 Å². The van der Waals surface area contributed by atoms with E-state index >= 15 is 0 Å². The van der Waals surface area contributed by atoms with Crippen LogP contribution in [0.2, 0.25) is 0 Å². The Morgan fingerprint density at radius 3 is 2.67 bits per heavy atom. The summed E-state index contributed by atoms with van der Waals surface area (Å²) in [4.78, 5) is 2.30. The second-order valence-electron chi connectivity index (χ2n) is 5.15. The van der Waals surface area contributed by atoms with Crippen molar-refractivity contribution in [2.45, 2.75) is 31.0 Å². The Kier molecular flexibility index (Phi) is 2.47. The number of ether oxygens (including phenoxy) is 2. The normalized spacial score (nSPS) is 36.2. The SMILES string of the molecule is OC1(C2CC2)CN(CC2CCOCO2)C1. The van der Waals surface area contributed by atoms with Crippen molar-refractivity contribution < 1.29 is 14.6 Å². The summed E-state index contributed by atoms with van der Waals surface area (Å²) >= 11 is 0. The van der Waals surface area contributed by atoms with Crippen LogP contribution in [0, 0.1) is 5.92 Å². The maximum atomic E-state index is 10.1. The molecule has 0 aromatic carbocycles. The van der Waals surface area contributed by atoms with Crippen LogP contribution in [0.15, 0.2) is 0 Å². The second kappa shape index (κ2) is 3.70. The van der Waals surface area contributed by atoms with Gasteiger partial charge in [0.15, 0.2) is 0 Å². The molecular formula is C11H19NO3. The van der Waals surface area contributed by atoms with Crippen molar-refractivity contribution in [3.63, 3.8) is 0 Å². The van der Waals surface area contributed by atoms with E-state index in [0.29, 0.717) is 18.8 Å². The fraction of sp³-hybridized carbons (Fsp3) is 1.00. The van der Waals surface area contributed by atoms with Crippen molar-refractivity contribution in [1.29, 1.82) is 0 Å². The van der Waals surface area contributed by atoms with E-state index < -0.39 is 0 Å². The third-order valence-electron chi connectivity index (χ3n) is 3.77. The van der Waals surface area contributed by atoms with Gasteiger partial charge in [-0.25, -0.2) is 0 Å². The molecule has 3 fully saturated rings. The van der Waals surface area contributed by atoms with Crippen LogP contribution in [0.3, 0.4) is 0 Å². The van der Waals surface area contributed by atoms with Gasteiger partial charge in [0.2, 0.25) is 0 Å². The number of aliphatic hydroxyl groups is 1. The predicted molar refractivity (Wildman–Crippen MR) is 54.4 cm³/mol. The molecule has 0 spiro atoms. The summed E-state index contributed by atoms with van der Waals surface area (Å²) in [6.45, 7) is 3.89. The van der Waals surface area contributed by atoms with Crippen molar-refractivity contribution >= 4 is 0 Å². The van der Waals surface area contributed by atoms with E-state index in [0.717, 1.165) is 32.7 Å². The highest BCUT2D eigenvalue weighted by atomic mass is 16.7. The molecule has 2 heterocycles. The lowest BCUT2D eigenvalue weighted by Gasteiger charge is -2.48. The lowest BCUT2D eigenvalue weighted by molar-refractivity contribution is -0.169. The van der Waals surface area contributed by atoms with Gasteiger partial charge in [-0.2, -0.15) is 0 Å². The van der Waals surface area contributed by atoms with Crippen LogP contribution in [0.4, 0.5) is 0 Å². The maximum absolute atomic E-state index is 10.1. The fourth-order valence-corrected chi connectivity index (χ4v) is 2.67. The second-order valence-corrected chi connectivity index (χ2v) is 5.15. The molecule has 3 rings (SSSR count). The summed E-state index contributed by atoms with van der Waals surface area (Å²) in [5, 5.41) is 10.1. The topological polar surface area (TPSA) is 41.9 Å². The smallest absolute Gasteiger partial charge is 0.147 e. The van der Waals surface area contributed by atoms with Crippen LogP contribution in [-0.4, -0.2) is 54.7 Å². The first-order chi connectivity index (χ1) is 7.26. The molecule has 1 aliphatic carbocycles. The van der Waals surface area contributed by atoms with E-state index in [9.17, 15) is 5.11 Å². The molecule has 4 nitrogen and oxygen atoms in total. The zero-order valence-corrected chi connectivity index (χ0v) is 9.02. The number of hydrogen-bond donors (Lipinski definition) is 1. The summed E-state index contributed by atoms with van der Waals surface area (Å²) in [6, 6.07) is 0. The molecule has 1 atom stereocenters. The average molecular weight is 213 g/mol. The molecule has 1 unspecified atom stereocenters. The van der Waals surface area contributed by atoms with Gasteiger partial charge in [-0.1, -0.05) is 0 Å². The van der Waals surface area contributed by atoms with E-state index in [1.807, 2.05) is 0 Å². The predicted octanol–water partition coefficient (Wildman–Crippen LogP) is 0.206. The number of β-amino-alcohol motifs (C(OH)–C–C–N with tert-alkyl or cyclic N) is 1. The molecule has 86 valence electrons. The minimum atomic E-state index is -0.356. The van der Waals surface area contributed by atoms with Gasteiger partial charge in [0.25, 0.3) is 0 Å². The fourth-order valence-electron chi connectivity index (χ4n) is 2.67. The molecule has 1 N–H and O–H groups in total. The Balaban J connectivity index is 1.42. The molecule has 1 saturated carbocycles. The molecular weight excluding hydrogens is 194 g/mol. The van der Waals surface area contributed by atoms with Crippen LogP contribution < -0.4 is 0 Å². The number of rotatable bonds is 3. The molecule has 3 aliphatic rings. The largest absolute Gasteiger partial charge is 0.387 e. The van der Waals surface area contributed by atoms with E-state index in [2.05, 4.69) is 4.90 Å². The molecule has 0 amide bonds. The zero-order chi connectivity index (χ0) is 10.3. The highest BCUT2D eigenvalue weighted by molar-refractivity contribution is 5.05. The first kappa shape index (κ1) is 10.0. The lowest BCUT2D eigenvalue weighted by Crippen LogP contribution is -2.64. The summed E-state index contributed by atoms with van der Waals surface area (Å²) in [5.41, 5.74) is -0.356. The van der Waals surface area contributed by atoms with Crippen LogP contribution >= 0.6 is 0 Å². The summed E-state index contributed by atoms with van der Waals surface area (Å²) in [6.07, 6.45) is 3.73. The summed E-state index contributed by atoms with van der Waals surface area (Å²) < 4.78 is 10.6. The van der Waals surface area contributed by atoms with Crippen LogP contribution in [0.1, 0.15) is 19.3 Å². The first-order valence-corrected chi connectivity index (χ1v) is 5.90. The lowest BCUT2D eigenvalue weighted by atomic mass is 9.88. The molecule has 2 aliphatic heterocycles. The Labute approximate surface area is 90.2 Å². The molecule has 0 bridgehead atoms. The standard InChI is InChI=1S/C11H19NO3/c13-11(9-1-2-9)6-12(7-11)5-10-3-4-14-8-15-10/h9-10,13H,1-8H2. The van der Waals surface area contributed by atoms with E-state index in [1.165, 1.54) is 12.8 Å². The van der Waals surface area contributed by atoms with Gasteiger partial charge in [0, 0.05) is 19.6 Å². The average Bonchev–Trinajstić information content (AvgIpc) is 3.00. The van der Waals surface area contributed by atoms with Crippen molar-refractivity contribution in [1.82, 2.24) is 4.90 Å². The third-order valence-corrected chi connectivity index (χ3v) is 3.77. The summed E-state index contributed by atoms with van der Waals surface area (Å²) in [5.74, 6) is 0.587. The van der Waals surface area contributed by atoms with Gasteiger partial charge < -0.3 is 14.6 Å². The summed E-state index contributed by atoms with van der Waals surface area (Å²) in [7, 11) is 0. The van der Waals surface area contributed by atoms with Crippen LogP contribution in [0.25, 0.3) is 0 Å². The Morgan fingerprint density at radius 1 is 1.27 bits per heavy atom. The first-order valence-electron chi connectivity index (χ1n) is 5.90. The Morgan fingerprint density at radius 2 is 2.07 bits per heavy atom. The number of hydrogen-bond acceptors (Lipinski definition) is 4. The molecule has 4 heteroatoms. The minimum absolute atomic E-state index is 0.308. The highest BCUT2D eigenvalue weighted by Crippen LogP contribution is 2.44. The van der Waals surface area contributed by atoms with Crippen LogP contribution in [-0.2, 0) is 9.47 Å². The monoisotopic (exact) mass is 213 g/mol.